The predicted molar refractivity (Wildman–Crippen MR) is 386 cm³/mol. The van der Waals surface area contributed by atoms with E-state index in [1.54, 1.807) is 0 Å². The monoisotopic (exact) mass is 1820 g/mol. The molecule has 0 spiro atoms. The van der Waals surface area contributed by atoms with Crippen LogP contribution in [0.15, 0.2) is 0 Å². The fourth-order valence-corrected chi connectivity index (χ4v) is 23.8. The number of alkyl halides is 6. The lowest BCUT2D eigenvalue weighted by molar-refractivity contribution is -0.183. The third kappa shape index (κ3) is 17.4. The molecular formula is C78H99F6O36S3-3. The number of hydrogen-bond donors (Lipinski definition) is 0. The predicted octanol–water partition coefficient (Wildman–Crippen LogP) is 5.51. The van der Waals surface area contributed by atoms with Gasteiger partial charge in [-0.15, -0.1) is 0 Å². The van der Waals surface area contributed by atoms with Gasteiger partial charge in [0.15, 0.2) is 48.7 Å². The summed E-state index contributed by atoms with van der Waals surface area (Å²) in [7, 11) is -18.2. The molecule has 123 heavy (non-hydrogen) atoms. The summed E-state index contributed by atoms with van der Waals surface area (Å²) in [6.07, 6.45) is -5.51. The summed E-state index contributed by atoms with van der Waals surface area (Å²) < 4.78 is 260. The fourth-order valence-electron chi connectivity index (χ4n) is 22.4. The SMILES string of the molecule is CC(OC(=O)CCC(=O)OC1C2CC3C1OC(=O)C3C2C(=O)OC(C)(C)C1CC2CCC1O2)C(F)(F)S(=O)(=O)[O-].CCC(C)(OC(=O)C1C2CC3C(OC(=O)C31)C2OC(=O)CCC(=O)OC(C)C(F)(F)S(=O)(=O)[O-])C1CC2CCC1O2.CCC(CC)(OC(=O)C1C2CC3C(OC(=O)C31)C2OC(=O)CCC(=O)OC(C)C(F)(F)S(=O)(=O)[O-])C1CC2CCC1O2. The molecule has 12 bridgehead atoms. The average Bonchev–Trinajstić information content (AvgIpc) is 1.55. The van der Waals surface area contributed by atoms with E-state index in [0.717, 1.165) is 57.8 Å². The van der Waals surface area contributed by atoms with E-state index in [2.05, 4.69) is 14.2 Å². The van der Waals surface area contributed by atoms with Gasteiger partial charge in [-0.2, -0.15) is 26.3 Å². The molecule has 15 rings (SSSR count). The van der Waals surface area contributed by atoms with Crippen LogP contribution >= 0.6 is 0 Å². The van der Waals surface area contributed by atoms with Crippen molar-refractivity contribution in [3.05, 3.63) is 0 Å². The van der Waals surface area contributed by atoms with Gasteiger partial charge in [0, 0.05) is 53.3 Å². The molecule has 31 atom stereocenters. The highest BCUT2D eigenvalue weighted by Crippen LogP contribution is 2.63. The normalized spacial score (nSPS) is 36.6. The van der Waals surface area contributed by atoms with E-state index in [4.69, 9.17) is 56.8 Å². The number of hydrogen-bond acceptors (Lipinski definition) is 36. The van der Waals surface area contributed by atoms with E-state index in [1.165, 1.54) is 0 Å². The molecule has 6 saturated carbocycles. The minimum absolute atomic E-state index is 0.00738. The van der Waals surface area contributed by atoms with Crippen molar-refractivity contribution in [2.24, 2.45) is 88.8 Å². The molecule has 15 aliphatic rings. The minimum Gasteiger partial charge on any atom is -0.743 e. The number of halogens is 6. The maximum absolute atomic E-state index is 13.8. The van der Waals surface area contributed by atoms with E-state index in [1.807, 2.05) is 41.5 Å². The molecule has 0 aromatic heterocycles. The zero-order valence-corrected chi connectivity index (χ0v) is 70.8. The molecule has 690 valence electrons. The zero-order chi connectivity index (χ0) is 90.2. The Morgan fingerprint density at radius 2 is 0.675 bits per heavy atom. The molecule has 15 fully saturated rings. The van der Waals surface area contributed by atoms with Crippen LogP contribution in [0.3, 0.4) is 0 Å². The van der Waals surface area contributed by atoms with Crippen molar-refractivity contribution in [3.63, 3.8) is 0 Å². The zero-order valence-electron chi connectivity index (χ0n) is 68.4. The Hall–Kier alpha value is -7.17. The second-order valence-electron chi connectivity index (χ2n) is 35.8. The first-order chi connectivity index (χ1) is 57.2. The number of ether oxygens (including phenoxy) is 15. The Labute approximate surface area is 702 Å². The largest absolute Gasteiger partial charge is 0.743 e. The van der Waals surface area contributed by atoms with Gasteiger partial charge in [0.1, 0.15) is 53.4 Å². The third-order valence-corrected chi connectivity index (χ3v) is 31.8. The van der Waals surface area contributed by atoms with Gasteiger partial charge in [0.05, 0.1) is 111 Å². The lowest BCUT2D eigenvalue weighted by Gasteiger charge is -2.41. The average molecular weight is 1820 g/mol. The maximum Gasteiger partial charge on any atom is 0.369 e. The molecule has 31 unspecified atom stereocenters. The molecule has 45 heteroatoms. The molecule has 9 aliphatic heterocycles. The highest BCUT2D eigenvalue weighted by atomic mass is 32.2. The first-order valence-electron chi connectivity index (χ1n) is 41.6. The molecule has 6 aliphatic carbocycles. The standard InChI is InChI=1S/C27H36F2O12S.C26H34F2O12S.C25H32F2O12S/c1-4-26(5-2,16-10-13-6-7-17(16)38-13)41-25(33)21-15-11-14-20(21)24(32)40-23(14)22(15)39-19(31)9-8-18(30)37-12(3)27(28,29)42(34,35)36;1-4-25(3,15-9-12-5-6-16(15)37-12)40-24(32)20-14-10-13-19(20)23(31)39-22(13)21(14)38-18(30)8-7-17(29)36-11(2)26(27,28)41(33,34)35;1-10(25(26,27)40(32,33)34)35-16(28)6-7-17(29)37-20-13-9-12-18(22(30)38-21(12)20)19(13)23(31)39-24(2,3)14-8-11-4-5-15(14)36-11/h12-17,20-23H,4-11H2,1-3H3,(H,34,35,36);11-16,19-22H,4-10H2,1-3H3,(H,33,34,35);10-15,18-21H,4-9H2,1-3H3,(H,32,33,34)/p-3. The smallest absolute Gasteiger partial charge is 0.369 e. The topological polar surface area (TPSA) is 515 Å². The van der Waals surface area contributed by atoms with Crippen molar-refractivity contribution >= 4 is 102 Å². The molecule has 0 N–H and O–H groups in total. The molecule has 0 aromatic rings. The molecule has 0 amide bonds. The lowest BCUT2D eigenvalue weighted by Crippen LogP contribution is -2.50. The van der Waals surface area contributed by atoms with Crippen LogP contribution in [0, 0.1) is 88.8 Å². The van der Waals surface area contributed by atoms with Crippen molar-refractivity contribution in [1.29, 1.82) is 0 Å². The second-order valence-corrected chi connectivity index (χ2v) is 40.2. The van der Waals surface area contributed by atoms with E-state index in [9.17, 15) is 123 Å². The summed E-state index contributed by atoms with van der Waals surface area (Å²) in [5.41, 5.74) is -2.40. The number of carbonyl (C=O) groups excluding carboxylic acids is 12. The van der Waals surface area contributed by atoms with Gasteiger partial charge in [0.2, 0.25) is 0 Å². The van der Waals surface area contributed by atoms with Crippen LogP contribution in [0.25, 0.3) is 0 Å². The first-order valence-corrected chi connectivity index (χ1v) is 45.9. The number of esters is 12. The van der Waals surface area contributed by atoms with Crippen molar-refractivity contribution in [2.45, 2.75) is 321 Å². The Morgan fingerprint density at radius 3 is 0.951 bits per heavy atom. The van der Waals surface area contributed by atoms with Gasteiger partial charge >= 0.3 is 87.4 Å². The van der Waals surface area contributed by atoms with Gasteiger partial charge < -0.3 is 84.7 Å². The first kappa shape index (κ1) is 93.5. The number of fused-ring (bicyclic) bond motifs is 9. The van der Waals surface area contributed by atoms with Gasteiger partial charge in [-0.3, -0.25) is 57.5 Å². The summed E-state index contributed by atoms with van der Waals surface area (Å²) in [6, 6.07) is 0. The Kier molecular flexibility index (Phi) is 25.9. The lowest BCUT2D eigenvalue weighted by atomic mass is 9.73. The van der Waals surface area contributed by atoms with Crippen LogP contribution in [0.1, 0.15) is 197 Å². The van der Waals surface area contributed by atoms with Crippen molar-refractivity contribution in [1.82, 2.24) is 0 Å². The number of rotatable bonds is 33. The summed E-state index contributed by atoms with van der Waals surface area (Å²) in [5, 5.41) is -14.6. The Morgan fingerprint density at radius 1 is 0.390 bits per heavy atom. The van der Waals surface area contributed by atoms with Crippen molar-refractivity contribution < 1.29 is 194 Å². The fraction of sp³-hybridized carbons (Fsp3) is 0.846. The van der Waals surface area contributed by atoms with E-state index < -0.39 is 281 Å². The molecular weight excluding hydrogens is 1720 g/mol. The molecule has 0 aromatic carbocycles. The second kappa shape index (κ2) is 34.1. The summed E-state index contributed by atoms with van der Waals surface area (Å²) in [5.74, 6) is -17.5. The number of carbonyl (C=O) groups is 12. The highest BCUT2D eigenvalue weighted by molar-refractivity contribution is 7.87. The molecule has 0 radical (unpaired) electrons. The molecule has 9 heterocycles. The van der Waals surface area contributed by atoms with Gasteiger partial charge in [0.25, 0.3) is 0 Å². The van der Waals surface area contributed by atoms with E-state index >= 15 is 0 Å². The summed E-state index contributed by atoms with van der Waals surface area (Å²) in [4.78, 5) is 153. The van der Waals surface area contributed by atoms with Crippen LogP contribution in [-0.4, -0.2) is 235 Å². The van der Waals surface area contributed by atoms with Gasteiger partial charge in [-0.25, -0.2) is 25.3 Å². The van der Waals surface area contributed by atoms with Crippen LogP contribution in [0.5, 0.6) is 0 Å². The Bertz CT molecular complexity index is 4540. The van der Waals surface area contributed by atoms with Crippen LogP contribution in [-0.2, 0) is 159 Å². The Balaban J connectivity index is 0.000000159. The molecule has 9 saturated heterocycles. The van der Waals surface area contributed by atoms with Crippen LogP contribution in [0.2, 0.25) is 0 Å². The van der Waals surface area contributed by atoms with E-state index in [-0.39, 0.29) is 72.1 Å². The summed E-state index contributed by atoms with van der Waals surface area (Å²) in [6.45, 7) is 13.0. The summed E-state index contributed by atoms with van der Waals surface area (Å²) >= 11 is 0. The maximum atomic E-state index is 13.8. The van der Waals surface area contributed by atoms with Gasteiger partial charge in [-0.05, 0) is 138 Å². The quantitative estimate of drug-likeness (QED) is 0.0338. The van der Waals surface area contributed by atoms with E-state index in [0.29, 0.717) is 59.3 Å². The van der Waals surface area contributed by atoms with Crippen molar-refractivity contribution in [3.8, 4) is 0 Å². The van der Waals surface area contributed by atoms with Crippen molar-refractivity contribution in [2.75, 3.05) is 0 Å². The van der Waals surface area contributed by atoms with Gasteiger partial charge in [-0.1, -0.05) is 20.8 Å². The minimum atomic E-state index is -6.08. The molecule has 36 nitrogen and oxygen atoms in total. The van der Waals surface area contributed by atoms with Crippen LogP contribution < -0.4 is 0 Å². The van der Waals surface area contributed by atoms with Crippen LogP contribution in [0.4, 0.5) is 26.3 Å². The highest BCUT2D eigenvalue weighted by Gasteiger charge is 2.74. The third-order valence-electron chi connectivity index (χ3n) is 28.8.